The van der Waals surface area contributed by atoms with Crippen LogP contribution in [0.5, 0.6) is 5.75 Å². The quantitative estimate of drug-likeness (QED) is 0.320. The van der Waals surface area contributed by atoms with Gasteiger partial charge in [0, 0.05) is 30.2 Å². The van der Waals surface area contributed by atoms with Gasteiger partial charge in [-0.3, -0.25) is 9.59 Å². The summed E-state index contributed by atoms with van der Waals surface area (Å²) in [5, 5.41) is 3.38. The standard InChI is InChI=1S/C30H32ClN3O5S2/c31-25-10-4-22(5-11-25)20-34-28(35)21-40-30(34)24-8-6-23(7-9-24)29(36)32-16-19-39-26-12-14-27(15-13-26)41(37,38)33-17-2-1-3-18-33/h4-15,30H,1-3,16-21H2,(H,32,36)/t30-/m1/s1. The van der Waals surface area contributed by atoms with Crippen LogP contribution < -0.4 is 10.1 Å². The highest BCUT2D eigenvalue weighted by Crippen LogP contribution is 2.39. The van der Waals surface area contributed by atoms with Gasteiger partial charge in [0.25, 0.3) is 5.91 Å². The summed E-state index contributed by atoms with van der Waals surface area (Å²) in [4.78, 5) is 27.3. The molecule has 5 rings (SSSR count). The Morgan fingerprint density at radius 3 is 2.32 bits per heavy atom. The van der Waals surface area contributed by atoms with Crippen LogP contribution in [-0.4, -0.2) is 61.4 Å². The molecule has 3 aromatic carbocycles. The number of nitrogens with one attached hydrogen (secondary N) is 1. The molecule has 2 heterocycles. The summed E-state index contributed by atoms with van der Waals surface area (Å²) < 4.78 is 32.8. The largest absolute Gasteiger partial charge is 0.492 e. The minimum Gasteiger partial charge on any atom is -0.492 e. The minimum absolute atomic E-state index is 0.0787. The fourth-order valence-electron chi connectivity index (χ4n) is 4.88. The SMILES string of the molecule is O=C(NCCOc1ccc(S(=O)(=O)N2CCCCC2)cc1)c1ccc([C@H]2SCC(=O)N2Cc2ccc(Cl)cc2)cc1. The third kappa shape index (κ3) is 7.24. The van der Waals surface area contributed by atoms with Crippen LogP contribution in [0.4, 0.5) is 0 Å². The molecule has 41 heavy (non-hydrogen) atoms. The second-order valence-corrected chi connectivity index (χ2v) is 13.4. The number of piperidine rings is 1. The molecular formula is C30H32ClN3O5S2. The molecule has 11 heteroatoms. The van der Waals surface area contributed by atoms with Gasteiger partial charge in [-0.05, 0) is 72.5 Å². The van der Waals surface area contributed by atoms with Gasteiger partial charge >= 0.3 is 0 Å². The number of amides is 2. The van der Waals surface area contributed by atoms with E-state index in [1.165, 1.54) is 4.31 Å². The molecule has 0 bridgehead atoms. The van der Waals surface area contributed by atoms with Crippen molar-refractivity contribution in [1.82, 2.24) is 14.5 Å². The summed E-state index contributed by atoms with van der Waals surface area (Å²) in [5.41, 5.74) is 2.48. The Bertz CT molecular complexity index is 1460. The number of carbonyl (C=O) groups excluding carboxylic acids is 2. The van der Waals surface area contributed by atoms with E-state index in [-0.39, 0.29) is 35.2 Å². The van der Waals surface area contributed by atoms with Crippen LogP contribution in [0.3, 0.4) is 0 Å². The van der Waals surface area contributed by atoms with Gasteiger partial charge < -0.3 is 15.0 Å². The summed E-state index contributed by atoms with van der Waals surface area (Å²) in [5.74, 6) is 0.802. The van der Waals surface area contributed by atoms with Crippen molar-refractivity contribution < 1.29 is 22.7 Å². The Morgan fingerprint density at radius 1 is 0.951 bits per heavy atom. The molecule has 0 aromatic heterocycles. The fourth-order valence-corrected chi connectivity index (χ4v) is 7.72. The van der Waals surface area contributed by atoms with Crippen molar-refractivity contribution in [2.75, 3.05) is 32.0 Å². The molecule has 1 atom stereocenters. The molecule has 8 nitrogen and oxygen atoms in total. The number of carbonyl (C=O) groups is 2. The summed E-state index contributed by atoms with van der Waals surface area (Å²) in [6, 6.07) is 21.2. The number of sulfonamides is 1. The molecule has 2 saturated heterocycles. The second kappa shape index (κ2) is 13.3. The van der Waals surface area contributed by atoms with Crippen LogP contribution in [0, 0.1) is 0 Å². The maximum absolute atomic E-state index is 12.8. The van der Waals surface area contributed by atoms with Crippen molar-refractivity contribution in [3.05, 3.63) is 94.5 Å². The van der Waals surface area contributed by atoms with Crippen molar-refractivity contribution in [3.63, 3.8) is 0 Å². The Balaban J connectivity index is 1.10. The number of benzene rings is 3. The molecule has 2 fully saturated rings. The first-order valence-corrected chi connectivity index (χ1v) is 16.4. The monoisotopic (exact) mass is 613 g/mol. The Hall–Kier alpha value is -3.05. The van der Waals surface area contributed by atoms with E-state index in [9.17, 15) is 18.0 Å². The van der Waals surface area contributed by atoms with Gasteiger partial charge in [0.05, 0.1) is 17.2 Å². The average molecular weight is 614 g/mol. The summed E-state index contributed by atoms with van der Waals surface area (Å²) in [6.07, 6.45) is 2.84. The molecule has 1 N–H and O–H groups in total. The highest BCUT2D eigenvalue weighted by Gasteiger charge is 2.33. The predicted octanol–water partition coefficient (Wildman–Crippen LogP) is 5.10. The first kappa shape index (κ1) is 29.4. The lowest BCUT2D eigenvalue weighted by molar-refractivity contribution is -0.128. The van der Waals surface area contributed by atoms with Gasteiger partial charge in [0.2, 0.25) is 15.9 Å². The Kier molecular flexibility index (Phi) is 9.54. The van der Waals surface area contributed by atoms with Gasteiger partial charge in [-0.2, -0.15) is 4.31 Å². The van der Waals surface area contributed by atoms with E-state index in [0.29, 0.717) is 41.7 Å². The molecule has 0 aliphatic carbocycles. The number of nitrogens with zero attached hydrogens (tertiary/aromatic N) is 2. The first-order valence-electron chi connectivity index (χ1n) is 13.6. The summed E-state index contributed by atoms with van der Waals surface area (Å²) in [7, 11) is -3.48. The van der Waals surface area contributed by atoms with E-state index in [1.54, 1.807) is 48.2 Å². The molecule has 0 saturated carbocycles. The lowest BCUT2D eigenvalue weighted by Crippen LogP contribution is -2.35. The van der Waals surface area contributed by atoms with E-state index >= 15 is 0 Å². The van der Waals surface area contributed by atoms with Gasteiger partial charge in [-0.25, -0.2) is 8.42 Å². The highest BCUT2D eigenvalue weighted by molar-refractivity contribution is 8.00. The number of ether oxygens (including phenoxy) is 1. The second-order valence-electron chi connectivity index (χ2n) is 9.97. The topological polar surface area (TPSA) is 96.0 Å². The Morgan fingerprint density at radius 2 is 1.63 bits per heavy atom. The van der Waals surface area contributed by atoms with Gasteiger partial charge in [0.15, 0.2) is 0 Å². The first-order chi connectivity index (χ1) is 19.8. The molecule has 0 unspecified atom stereocenters. The van der Waals surface area contributed by atoms with Crippen LogP contribution in [0.15, 0.2) is 77.7 Å². The molecule has 2 amide bonds. The van der Waals surface area contributed by atoms with E-state index in [2.05, 4.69) is 5.32 Å². The maximum atomic E-state index is 12.8. The summed E-state index contributed by atoms with van der Waals surface area (Å²) in [6.45, 7) is 2.14. The van der Waals surface area contributed by atoms with Crippen molar-refractivity contribution in [2.24, 2.45) is 0 Å². The van der Waals surface area contributed by atoms with E-state index in [0.717, 1.165) is 30.4 Å². The molecule has 2 aliphatic rings. The van der Waals surface area contributed by atoms with E-state index in [1.807, 2.05) is 41.3 Å². The van der Waals surface area contributed by atoms with Crippen LogP contribution in [0.1, 0.15) is 46.1 Å². The van der Waals surface area contributed by atoms with Crippen molar-refractivity contribution in [3.8, 4) is 5.75 Å². The number of thioether (sulfide) groups is 1. The third-order valence-corrected chi connectivity index (χ3v) is 10.5. The zero-order valence-electron chi connectivity index (χ0n) is 22.5. The highest BCUT2D eigenvalue weighted by atomic mass is 35.5. The van der Waals surface area contributed by atoms with Gasteiger partial charge in [-0.15, -0.1) is 11.8 Å². The molecule has 216 valence electrons. The third-order valence-electron chi connectivity index (χ3n) is 7.13. The minimum atomic E-state index is -3.48. The molecule has 0 spiro atoms. The normalized spacial score (nSPS) is 17.9. The number of hydrogen-bond acceptors (Lipinski definition) is 6. The zero-order valence-corrected chi connectivity index (χ0v) is 24.9. The number of halogens is 1. The summed E-state index contributed by atoms with van der Waals surface area (Å²) >= 11 is 7.56. The fraction of sp³-hybridized carbons (Fsp3) is 0.333. The lowest BCUT2D eigenvalue weighted by atomic mass is 10.1. The van der Waals surface area contributed by atoms with Crippen LogP contribution in [-0.2, 0) is 21.4 Å². The number of rotatable bonds is 10. The molecule has 0 radical (unpaired) electrons. The smallest absolute Gasteiger partial charge is 0.251 e. The molecule has 3 aromatic rings. The Labute approximate surface area is 250 Å². The van der Waals surface area contributed by atoms with Crippen molar-refractivity contribution in [1.29, 1.82) is 0 Å². The average Bonchev–Trinajstić information content (AvgIpc) is 3.36. The van der Waals surface area contributed by atoms with Crippen LogP contribution in [0.25, 0.3) is 0 Å². The van der Waals surface area contributed by atoms with Gasteiger partial charge in [0.1, 0.15) is 17.7 Å². The lowest BCUT2D eigenvalue weighted by Gasteiger charge is -2.25. The van der Waals surface area contributed by atoms with Crippen molar-refractivity contribution >= 4 is 45.2 Å². The van der Waals surface area contributed by atoms with E-state index in [4.69, 9.17) is 16.3 Å². The van der Waals surface area contributed by atoms with Crippen molar-refractivity contribution in [2.45, 2.75) is 36.1 Å². The van der Waals surface area contributed by atoms with Gasteiger partial charge in [-0.1, -0.05) is 42.3 Å². The van der Waals surface area contributed by atoms with Crippen LogP contribution in [0.2, 0.25) is 5.02 Å². The number of hydrogen-bond donors (Lipinski definition) is 1. The molecular weight excluding hydrogens is 582 g/mol. The molecule has 2 aliphatic heterocycles. The van der Waals surface area contributed by atoms with Crippen LogP contribution >= 0.6 is 23.4 Å². The van der Waals surface area contributed by atoms with E-state index < -0.39 is 10.0 Å². The zero-order chi connectivity index (χ0) is 28.8. The maximum Gasteiger partial charge on any atom is 0.251 e. The predicted molar refractivity (Wildman–Crippen MR) is 161 cm³/mol.